The third-order valence-electron chi connectivity index (χ3n) is 4.10. The van der Waals surface area contributed by atoms with E-state index < -0.39 is 0 Å². The quantitative estimate of drug-likeness (QED) is 0.848. The first-order valence-corrected chi connectivity index (χ1v) is 7.42. The Balaban J connectivity index is 1.85. The Kier molecular flexibility index (Phi) is 4.06. The van der Waals surface area contributed by atoms with Crippen molar-refractivity contribution in [3.05, 3.63) is 65.2 Å². The highest BCUT2D eigenvalue weighted by molar-refractivity contribution is 5.98. The molecule has 0 spiro atoms. The summed E-state index contributed by atoms with van der Waals surface area (Å²) in [5.41, 5.74) is 3.79. The maximum Gasteiger partial charge on any atom is 0.254 e. The number of fused-ring (bicyclic) bond motifs is 1. The van der Waals surface area contributed by atoms with E-state index in [1.165, 1.54) is 0 Å². The molecule has 0 bridgehead atoms. The fourth-order valence-corrected chi connectivity index (χ4v) is 2.84. The number of benzene rings is 2. The third-order valence-corrected chi connectivity index (χ3v) is 4.10. The van der Waals surface area contributed by atoms with Crippen LogP contribution < -0.4 is 9.47 Å². The van der Waals surface area contributed by atoms with E-state index >= 15 is 0 Å². The zero-order valence-electron chi connectivity index (χ0n) is 13.3. The van der Waals surface area contributed by atoms with Crippen molar-refractivity contribution in [2.24, 2.45) is 0 Å². The van der Waals surface area contributed by atoms with Gasteiger partial charge in [-0.3, -0.25) is 4.79 Å². The van der Waals surface area contributed by atoms with Crippen molar-refractivity contribution >= 4 is 12.0 Å². The minimum absolute atomic E-state index is 0.0495. The van der Waals surface area contributed by atoms with Crippen LogP contribution in [0.15, 0.2) is 43.0 Å². The second-order valence-electron chi connectivity index (χ2n) is 5.46. The summed E-state index contributed by atoms with van der Waals surface area (Å²) in [6.07, 6.45) is 1.79. The lowest BCUT2D eigenvalue weighted by Crippen LogP contribution is -2.23. The molecule has 0 fully saturated rings. The van der Waals surface area contributed by atoms with Crippen LogP contribution in [0.1, 0.15) is 27.0 Å². The van der Waals surface area contributed by atoms with E-state index in [9.17, 15) is 4.79 Å². The van der Waals surface area contributed by atoms with Crippen LogP contribution in [0.4, 0.5) is 0 Å². The molecule has 0 radical (unpaired) electrons. The van der Waals surface area contributed by atoms with E-state index in [1.54, 1.807) is 20.3 Å². The Bertz CT molecular complexity index is 767. The minimum atomic E-state index is 0.0495. The molecule has 0 aromatic heterocycles. The van der Waals surface area contributed by atoms with Gasteiger partial charge >= 0.3 is 0 Å². The van der Waals surface area contributed by atoms with Crippen molar-refractivity contribution < 1.29 is 14.3 Å². The number of rotatable bonds is 5. The van der Waals surface area contributed by atoms with E-state index in [4.69, 9.17) is 9.47 Å². The van der Waals surface area contributed by atoms with Crippen LogP contribution in [0.5, 0.6) is 11.5 Å². The predicted molar refractivity (Wildman–Crippen MR) is 89.7 cm³/mol. The van der Waals surface area contributed by atoms with Gasteiger partial charge < -0.3 is 14.4 Å². The summed E-state index contributed by atoms with van der Waals surface area (Å²) in [6.45, 7) is 4.88. The summed E-state index contributed by atoms with van der Waals surface area (Å²) >= 11 is 0. The highest BCUT2D eigenvalue weighted by atomic mass is 16.5. The lowest BCUT2D eigenvalue weighted by atomic mass is 10.1. The van der Waals surface area contributed by atoms with Gasteiger partial charge in [0.05, 0.1) is 14.2 Å². The second-order valence-corrected chi connectivity index (χ2v) is 5.46. The van der Waals surface area contributed by atoms with Gasteiger partial charge in [0.1, 0.15) is 11.5 Å². The molecule has 0 saturated carbocycles. The lowest BCUT2D eigenvalue weighted by Gasteiger charge is -2.18. The molecule has 0 aliphatic carbocycles. The smallest absolute Gasteiger partial charge is 0.254 e. The number of amides is 1. The molecule has 1 aliphatic rings. The van der Waals surface area contributed by atoms with Gasteiger partial charge in [-0.1, -0.05) is 18.7 Å². The van der Waals surface area contributed by atoms with Crippen LogP contribution in [-0.2, 0) is 13.1 Å². The zero-order chi connectivity index (χ0) is 16.4. The average Bonchev–Trinajstić information content (AvgIpc) is 2.90. The maximum atomic E-state index is 12.6. The highest BCUT2D eigenvalue weighted by Gasteiger charge is 2.27. The molecule has 1 aliphatic heterocycles. The van der Waals surface area contributed by atoms with Gasteiger partial charge in [-0.2, -0.15) is 0 Å². The Morgan fingerprint density at radius 2 is 2.00 bits per heavy atom. The summed E-state index contributed by atoms with van der Waals surface area (Å²) in [7, 11) is 3.24. The molecule has 2 aromatic carbocycles. The first-order valence-electron chi connectivity index (χ1n) is 7.42. The molecule has 2 aromatic rings. The van der Waals surface area contributed by atoms with E-state index in [0.717, 1.165) is 33.8 Å². The number of carbonyl (C=O) groups is 1. The largest absolute Gasteiger partial charge is 0.497 e. The summed E-state index contributed by atoms with van der Waals surface area (Å²) in [4.78, 5) is 14.4. The monoisotopic (exact) mass is 309 g/mol. The second kappa shape index (κ2) is 6.16. The Hall–Kier alpha value is -2.75. The number of nitrogens with zero attached hydrogens (tertiary/aromatic N) is 1. The topological polar surface area (TPSA) is 38.8 Å². The summed E-state index contributed by atoms with van der Waals surface area (Å²) in [5, 5.41) is 0. The SMILES string of the molecule is C=Cc1ccc2c(c1)CN(Cc1ccc(OC)cc1OC)C2=O. The van der Waals surface area contributed by atoms with E-state index in [1.807, 2.05) is 41.3 Å². The normalized spacial score (nSPS) is 13.0. The fraction of sp³-hybridized carbons (Fsp3) is 0.211. The Labute approximate surface area is 135 Å². The summed E-state index contributed by atoms with van der Waals surface area (Å²) in [6, 6.07) is 11.5. The van der Waals surface area contributed by atoms with Gasteiger partial charge in [0.25, 0.3) is 5.91 Å². The summed E-state index contributed by atoms with van der Waals surface area (Å²) in [5.74, 6) is 1.51. The molecular formula is C19H19NO3. The van der Waals surface area contributed by atoms with Gasteiger partial charge in [-0.15, -0.1) is 0 Å². The highest BCUT2D eigenvalue weighted by Crippen LogP contribution is 2.30. The van der Waals surface area contributed by atoms with E-state index in [0.29, 0.717) is 13.1 Å². The van der Waals surface area contributed by atoms with Gasteiger partial charge in [-0.05, 0) is 35.4 Å². The number of hydrogen-bond acceptors (Lipinski definition) is 3. The minimum Gasteiger partial charge on any atom is -0.497 e. The zero-order valence-corrected chi connectivity index (χ0v) is 13.3. The fourth-order valence-electron chi connectivity index (χ4n) is 2.84. The van der Waals surface area contributed by atoms with Crippen molar-refractivity contribution in [2.75, 3.05) is 14.2 Å². The molecule has 1 amide bonds. The molecule has 3 rings (SSSR count). The number of ether oxygens (including phenoxy) is 2. The van der Waals surface area contributed by atoms with Crippen LogP contribution in [-0.4, -0.2) is 25.0 Å². The number of carbonyl (C=O) groups excluding carboxylic acids is 1. The predicted octanol–water partition coefficient (Wildman–Crippen LogP) is 3.50. The van der Waals surface area contributed by atoms with Crippen LogP contribution in [0.25, 0.3) is 6.08 Å². The van der Waals surface area contributed by atoms with Crippen LogP contribution in [0, 0.1) is 0 Å². The van der Waals surface area contributed by atoms with Crippen LogP contribution in [0.3, 0.4) is 0 Å². The molecule has 0 atom stereocenters. The molecule has 0 unspecified atom stereocenters. The van der Waals surface area contributed by atoms with Crippen molar-refractivity contribution in [2.45, 2.75) is 13.1 Å². The third kappa shape index (κ3) is 2.80. The van der Waals surface area contributed by atoms with Gasteiger partial charge in [0.2, 0.25) is 0 Å². The molecular weight excluding hydrogens is 290 g/mol. The summed E-state index contributed by atoms with van der Waals surface area (Å²) < 4.78 is 10.6. The number of methoxy groups -OCH3 is 2. The van der Waals surface area contributed by atoms with Crippen molar-refractivity contribution in [1.29, 1.82) is 0 Å². The standard InChI is InChI=1S/C19H19NO3/c1-4-13-5-8-17-15(9-13)12-20(19(17)21)11-14-6-7-16(22-2)10-18(14)23-3/h4-10H,1,11-12H2,2-3H3. The van der Waals surface area contributed by atoms with Crippen molar-refractivity contribution in [3.63, 3.8) is 0 Å². The van der Waals surface area contributed by atoms with Crippen molar-refractivity contribution in [1.82, 2.24) is 4.90 Å². The molecule has 118 valence electrons. The van der Waals surface area contributed by atoms with E-state index in [-0.39, 0.29) is 5.91 Å². The van der Waals surface area contributed by atoms with E-state index in [2.05, 4.69) is 6.58 Å². The van der Waals surface area contributed by atoms with Gasteiger partial charge in [0.15, 0.2) is 0 Å². The van der Waals surface area contributed by atoms with Crippen LogP contribution >= 0.6 is 0 Å². The van der Waals surface area contributed by atoms with Gasteiger partial charge in [0, 0.05) is 30.3 Å². The molecule has 4 nitrogen and oxygen atoms in total. The molecule has 0 saturated heterocycles. The molecule has 4 heteroatoms. The first kappa shape index (κ1) is 15.2. The van der Waals surface area contributed by atoms with Gasteiger partial charge in [-0.25, -0.2) is 0 Å². The maximum absolute atomic E-state index is 12.6. The van der Waals surface area contributed by atoms with Crippen LogP contribution in [0.2, 0.25) is 0 Å². The Morgan fingerprint density at radius 3 is 2.70 bits per heavy atom. The number of hydrogen-bond donors (Lipinski definition) is 0. The molecule has 23 heavy (non-hydrogen) atoms. The lowest BCUT2D eigenvalue weighted by molar-refractivity contribution is 0.0765. The molecule has 1 heterocycles. The first-order chi connectivity index (χ1) is 11.2. The Morgan fingerprint density at radius 1 is 1.17 bits per heavy atom. The average molecular weight is 309 g/mol. The van der Waals surface area contributed by atoms with Crippen molar-refractivity contribution in [3.8, 4) is 11.5 Å². The molecule has 0 N–H and O–H groups in total.